The lowest BCUT2D eigenvalue weighted by atomic mass is 10.1. The summed E-state index contributed by atoms with van der Waals surface area (Å²) < 4.78 is 28.7. The van der Waals surface area contributed by atoms with Crippen molar-refractivity contribution in [2.75, 3.05) is 28.7 Å². The van der Waals surface area contributed by atoms with Crippen LogP contribution in [0.15, 0.2) is 53.5 Å². The van der Waals surface area contributed by atoms with Crippen LogP contribution in [0.5, 0.6) is 5.75 Å². The largest absolute Gasteiger partial charge is 0.494 e. The van der Waals surface area contributed by atoms with Gasteiger partial charge in [-0.2, -0.15) is 0 Å². The van der Waals surface area contributed by atoms with Crippen molar-refractivity contribution < 1.29 is 17.9 Å². The second-order valence-corrected chi connectivity index (χ2v) is 10.6. The molecule has 0 aliphatic carbocycles. The molecule has 0 aromatic heterocycles. The second kappa shape index (κ2) is 8.69. The number of benzene rings is 2. The lowest BCUT2D eigenvalue weighted by Gasteiger charge is -2.09. The second-order valence-electron chi connectivity index (χ2n) is 7.24. The minimum absolute atomic E-state index is 0.0167. The number of carbonyl (C=O) groups excluding carboxylic acids is 1. The first kappa shape index (κ1) is 20.7. The minimum Gasteiger partial charge on any atom is -0.494 e. The number of nitrogens with zero attached hydrogens (tertiary/aromatic N) is 1. The fraction of sp³-hybridized carbons (Fsp3) is 0.333. The third kappa shape index (κ3) is 5.14. The van der Waals surface area contributed by atoms with E-state index in [9.17, 15) is 13.2 Å². The van der Waals surface area contributed by atoms with Gasteiger partial charge in [0, 0.05) is 16.6 Å². The fourth-order valence-corrected chi connectivity index (χ4v) is 7.11. The predicted octanol–water partition coefficient (Wildman–Crippen LogP) is 2.95. The van der Waals surface area contributed by atoms with Crippen LogP contribution < -0.4 is 15.4 Å². The summed E-state index contributed by atoms with van der Waals surface area (Å²) in [5.74, 6) is 1.01. The van der Waals surface area contributed by atoms with Crippen LogP contribution >= 0.6 is 11.8 Å². The highest BCUT2D eigenvalue weighted by Crippen LogP contribution is 2.34. The van der Waals surface area contributed by atoms with Crippen molar-refractivity contribution in [2.45, 2.75) is 24.6 Å². The molecule has 0 unspecified atom stereocenters. The third-order valence-corrected chi connectivity index (χ3v) is 7.98. The van der Waals surface area contributed by atoms with Gasteiger partial charge >= 0.3 is 0 Å². The van der Waals surface area contributed by atoms with Gasteiger partial charge in [0.2, 0.25) is 5.91 Å². The molecular weight excluding hydrogens is 422 g/mol. The molecule has 2 aliphatic rings. The highest BCUT2D eigenvalue weighted by molar-refractivity contribution is 8.15. The van der Waals surface area contributed by atoms with Gasteiger partial charge in [0.05, 0.1) is 30.6 Å². The smallest absolute Gasteiger partial charge is 0.228 e. The predicted molar refractivity (Wildman–Crippen MR) is 121 cm³/mol. The molecule has 9 heteroatoms. The van der Waals surface area contributed by atoms with Crippen molar-refractivity contribution in [1.82, 2.24) is 0 Å². The Bertz CT molecular complexity index is 1050. The number of rotatable bonds is 6. The maximum Gasteiger partial charge on any atom is 0.228 e. The summed E-state index contributed by atoms with van der Waals surface area (Å²) >= 11 is 1.49. The number of hydrogen-bond acceptors (Lipinski definition) is 7. The summed E-state index contributed by atoms with van der Waals surface area (Å²) in [4.78, 5) is 16.8. The van der Waals surface area contributed by atoms with E-state index >= 15 is 0 Å². The zero-order valence-electron chi connectivity index (χ0n) is 16.5. The van der Waals surface area contributed by atoms with Crippen LogP contribution in [-0.4, -0.2) is 48.9 Å². The molecule has 7 nitrogen and oxygen atoms in total. The van der Waals surface area contributed by atoms with E-state index < -0.39 is 9.84 Å². The average Bonchev–Trinajstić information content (AvgIpc) is 3.17. The van der Waals surface area contributed by atoms with Crippen molar-refractivity contribution >= 4 is 44.0 Å². The molecule has 2 heterocycles. The Morgan fingerprint density at radius 2 is 1.80 bits per heavy atom. The van der Waals surface area contributed by atoms with Gasteiger partial charge in [-0.15, -0.1) is 0 Å². The van der Waals surface area contributed by atoms with Gasteiger partial charge in [-0.05, 0) is 48.9 Å². The van der Waals surface area contributed by atoms with Gasteiger partial charge in [-0.1, -0.05) is 23.9 Å². The Labute approximate surface area is 180 Å². The van der Waals surface area contributed by atoms with E-state index in [1.54, 1.807) is 0 Å². The van der Waals surface area contributed by atoms with Crippen molar-refractivity contribution in [2.24, 2.45) is 4.99 Å². The lowest BCUT2D eigenvalue weighted by molar-refractivity contribution is -0.115. The van der Waals surface area contributed by atoms with E-state index in [1.807, 2.05) is 55.5 Å². The molecule has 1 saturated heterocycles. The molecule has 2 aliphatic heterocycles. The van der Waals surface area contributed by atoms with Crippen molar-refractivity contribution in [3.05, 3.63) is 54.1 Å². The minimum atomic E-state index is -2.95. The molecule has 0 radical (unpaired) electrons. The number of carbonyl (C=O) groups is 1. The number of sulfone groups is 1. The van der Waals surface area contributed by atoms with E-state index in [4.69, 9.17) is 4.74 Å². The summed E-state index contributed by atoms with van der Waals surface area (Å²) in [6.45, 7) is 2.53. The van der Waals surface area contributed by atoms with Crippen LogP contribution in [-0.2, 0) is 21.1 Å². The Morgan fingerprint density at radius 1 is 1.10 bits per heavy atom. The van der Waals surface area contributed by atoms with Crippen LogP contribution in [0.4, 0.5) is 11.4 Å². The molecule has 30 heavy (non-hydrogen) atoms. The van der Waals surface area contributed by atoms with Crippen molar-refractivity contribution in [1.29, 1.82) is 0 Å². The number of amidine groups is 1. The lowest BCUT2D eigenvalue weighted by Crippen LogP contribution is -2.14. The maximum absolute atomic E-state index is 12.3. The quantitative estimate of drug-likeness (QED) is 0.710. The number of aliphatic imine (C=N–C) groups is 1. The molecule has 158 valence electrons. The van der Waals surface area contributed by atoms with E-state index in [0.29, 0.717) is 6.61 Å². The summed E-state index contributed by atoms with van der Waals surface area (Å²) in [7, 11) is -2.95. The maximum atomic E-state index is 12.3. The van der Waals surface area contributed by atoms with Gasteiger partial charge in [-0.25, -0.2) is 8.42 Å². The van der Waals surface area contributed by atoms with Crippen molar-refractivity contribution in [3.63, 3.8) is 0 Å². The van der Waals surface area contributed by atoms with E-state index in [2.05, 4.69) is 15.6 Å². The highest BCUT2D eigenvalue weighted by Gasteiger charge is 2.42. The molecule has 1 fully saturated rings. The zero-order chi connectivity index (χ0) is 21.1. The first-order valence-corrected chi connectivity index (χ1v) is 12.4. The van der Waals surface area contributed by atoms with E-state index in [1.165, 1.54) is 11.8 Å². The van der Waals surface area contributed by atoms with Crippen LogP contribution in [0.25, 0.3) is 0 Å². The summed E-state index contributed by atoms with van der Waals surface area (Å²) in [6, 6.07) is 14.7. The monoisotopic (exact) mass is 445 g/mol. The molecule has 0 bridgehead atoms. The molecule has 4 rings (SSSR count). The van der Waals surface area contributed by atoms with Crippen LogP contribution in [0.1, 0.15) is 12.5 Å². The Morgan fingerprint density at radius 3 is 2.47 bits per heavy atom. The fourth-order valence-electron chi connectivity index (χ4n) is 3.44. The number of amides is 1. The number of anilines is 2. The summed E-state index contributed by atoms with van der Waals surface area (Å²) in [5, 5.41) is 6.89. The Kier molecular flexibility index (Phi) is 6.01. The molecule has 2 atom stereocenters. The molecule has 0 saturated carbocycles. The van der Waals surface area contributed by atoms with Gasteiger partial charge in [0.25, 0.3) is 0 Å². The first-order valence-electron chi connectivity index (χ1n) is 9.74. The van der Waals surface area contributed by atoms with Gasteiger partial charge in [0.1, 0.15) is 5.75 Å². The SMILES string of the molecule is CCOc1ccc(NC(=O)Cc2ccc(NC3=N[C@H]4CS(=O)(=O)C[C@H]4S3)cc2)cc1. The van der Waals surface area contributed by atoms with Crippen LogP contribution in [0.2, 0.25) is 0 Å². The highest BCUT2D eigenvalue weighted by atomic mass is 32.2. The summed E-state index contributed by atoms with van der Waals surface area (Å²) in [6.07, 6.45) is 0.269. The van der Waals surface area contributed by atoms with Gasteiger partial charge in [-0.3, -0.25) is 9.79 Å². The Hall–Kier alpha value is -2.52. The first-order chi connectivity index (χ1) is 14.4. The van der Waals surface area contributed by atoms with Crippen LogP contribution in [0, 0.1) is 0 Å². The average molecular weight is 446 g/mol. The normalized spacial score (nSPS) is 21.6. The number of hydrogen-bond donors (Lipinski definition) is 2. The van der Waals surface area contributed by atoms with Gasteiger partial charge in [0.15, 0.2) is 15.0 Å². The third-order valence-electron chi connectivity index (χ3n) is 4.84. The molecular formula is C21H23N3O4S2. The zero-order valence-corrected chi connectivity index (χ0v) is 18.1. The van der Waals surface area contributed by atoms with E-state index in [-0.39, 0.29) is 35.1 Å². The topological polar surface area (TPSA) is 96.9 Å². The molecule has 2 aromatic carbocycles. The number of fused-ring (bicyclic) bond motifs is 1. The molecule has 0 spiro atoms. The number of ether oxygens (including phenoxy) is 1. The molecule has 2 aromatic rings. The summed E-state index contributed by atoms with van der Waals surface area (Å²) in [5.41, 5.74) is 2.48. The molecule has 1 amide bonds. The van der Waals surface area contributed by atoms with E-state index in [0.717, 1.165) is 27.9 Å². The standard InChI is InChI=1S/C21H23N3O4S2/c1-2-28-17-9-7-15(8-10-17)22-20(25)11-14-3-5-16(6-4-14)23-21-24-18-12-30(26,27)13-19(18)29-21/h3-10,18-19H,2,11-13H2,1H3,(H,22,25)(H,23,24)/t18-,19+/m0/s1. The van der Waals surface area contributed by atoms with Crippen molar-refractivity contribution in [3.8, 4) is 5.75 Å². The molecule has 2 N–H and O–H groups in total. The number of nitrogens with one attached hydrogen (secondary N) is 2. The number of thioether (sulfide) groups is 1. The Balaban J connectivity index is 1.29. The van der Waals surface area contributed by atoms with Gasteiger partial charge < -0.3 is 15.4 Å². The van der Waals surface area contributed by atoms with Crippen LogP contribution in [0.3, 0.4) is 0 Å².